The average Bonchev–Trinajstić information content (AvgIpc) is 3.78. The maximum Gasteiger partial charge on any atom is 0.262 e. The lowest BCUT2D eigenvalue weighted by Crippen LogP contribution is -2.17. The summed E-state index contributed by atoms with van der Waals surface area (Å²) in [4.78, 5) is 24.4. The van der Waals surface area contributed by atoms with Gasteiger partial charge in [-0.3, -0.25) is 19.0 Å². The lowest BCUT2D eigenvalue weighted by Gasteiger charge is -2.10. The number of carbonyl (C=O) groups excluding carboxylic acids is 2. The number of carbonyl (C=O) groups is 2. The number of amides is 2. The van der Waals surface area contributed by atoms with Gasteiger partial charge in [-0.25, -0.2) is 30.0 Å². The first-order valence-corrected chi connectivity index (χ1v) is 19.7. The zero-order chi connectivity index (χ0) is 37.5. The summed E-state index contributed by atoms with van der Waals surface area (Å²) in [6.45, 7) is 0. The number of anilines is 4. The third kappa shape index (κ3) is 9.77. The van der Waals surface area contributed by atoms with E-state index in [1.54, 1.807) is 53.9 Å². The molecule has 18 heteroatoms. The molecule has 0 bridgehead atoms. The molecule has 0 aliphatic rings. The van der Waals surface area contributed by atoms with Gasteiger partial charge in [-0.15, -0.1) is 22.7 Å². The summed E-state index contributed by atoms with van der Waals surface area (Å²) in [5, 5.41) is 10.5. The van der Waals surface area contributed by atoms with Crippen molar-refractivity contribution in [1.29, 1.82) is 0 Å². The number of rotatable bonds is 10. The molecule has 2 aromatic heterocycles. The van der Waals surface area contributed by atoms with Gasteiger partial charge in [0.05, 0.1) is 26.6 Å². The molecular weight excluding hydrogens is 781 g/mol. The molecule has 2 amide bonds. The van der Waals surface area contributed by atoms with E-state index in [1.165, 1.54) is 35.0 Å². The molecule has 6 aromatic rings. The van der Waals surface area contributed by atoms with Crippen molar-refractivity contribution in [2.24, 2.45) is 0 Å². The lowest BCUT2D eigenvalue weighted by atomic mass is 10.2. The summed E-state index contributed by atoms with van der Waals surface area (Å²) < 4.78 is 93.4. The van der Waals surface area contributed by atoms with Gasteiger partial charge in [0.25, 0.3) is 31.9 Å². The van der Waals surface area contributed by atoms with Gasteiger partial charge < -0.3 is 10.6 Å². The fourth-order valence-corrected chi connectivity index (χ4v) is 8.39. The van der Waals surface area contributed by atoms with Gasteiger partial charge in [0.1, 0.15) is 10.8 Å². The Balaban J connectivity index is 0.000000202. The molecule has 0 aliphatic heterocycles. The van der Waals surface area contributed by atoms with E-state index < -0.39 is 54.2 Å². The summed E-state index contributed by atoms with van der Waals surface area (Å²) in [6.07, 6.45) is 0. The molecule has 4 N–H and O–H groups in total. The molecule has 2 heterocycles. The van der Waals surface area contributed by atoms with Crippen molar-refractivity contribution >= 4 is 88.2 Å². The molecule has 0 atom stereocenters. The second kappa shape index (κ2) is 16.4. The van der Waals surface area contributed by atoms with Crippen molar-refractivity contribution in [3.8, 4) is 0 Å². The first-order chi connectivity index (χ1) is 24.7. The lowest BCUT2D eigenvalue weighted by molar-refractivity contribution is 0.102. The second-order valence-corrected chi connectivity index (χ2v) is 15.8. The highest BCUT2D eigenvalue weighted by molar-refractivity contribution is 7.93. The summed E-state index contributed by atoms with van der Waals surface area (Å²) in [6, 6.07) is 23.4. The zero-order valence-corrected chi connectivity index (χ0v) is 30.2. The van der Waals surface area contributed by atoms with Gasteiger partial charge in [-0.05, 0) is 90.3 Å². The predicted molar refractivity (Wildman–Crippen MR) is 197 cm³/mol. The van der Waals surface area contributed by atoms with Gasteiger partial charge in [0, 0.05) is 27.2 Å². The second-order valence-electron chi connectivity index (χ2n) is 10.4. The molecule has 0 radical (unpaired) electrons. The molecule has 10 nitrogen and oxygen atoms in total. The minimum atomic E-state index is -4.24. The Morgan fingerprint density at radius 2 is 1.21 bits per heavy atom. The minimum Gasteiger partial charge on any atom is -0.322 e. The van der Waals surface area contributed by atoms with Gasteiger partial charge in [-0.2, -0.15) is 0 Å². The number of hydrogen-bond donors (Lipinski definition) is 4. The van der Waals surface area contributed by atoms with Crippen LogP contribution in [0.15, 0.2) is 129 Å². The Kier molecular flexibility index (Phi) is 12.0. The molecule has 0 fully saturated rings. The smallest absolute Gasteiger partial charge is 0.262 e. The minimum absolute atomic E-state index is 0.0236. The highest BCUT2D eigenvalue weighted by Gasteiger charge is 2.22. The van der Waals surface area contributed by atoms with Crippen LogP contribution in [-0.2, 0) is 20.0 Å². The van der Waals surface area contributed by atoms with Crippen molar-refractivity contribution in [1.82, 2.24) is 0 Å². The van der Waals surface area contributed by atoms with Crippen LogP contribution < -0.4 is 20.1 Å². The van der Waals surface area contributed by atoms with Crippen LogP contribution in [0.2, 0.25) is 5.02 Å². The van der Waals surface area contributed by atoms with Crippen LogP contribution in [0, 0.1) is 17.5 Å². The highest BCUT2D eigenvalue weighted by atomic mass is 35.5. The van der Waals surface area contributed by atoms with Crippen LogP contribution in [0.1, 0.15) is 20.7 Å². The van der Waals surface area contributed by atoms with E-state index in [2.05, 4.69) is 20.1 Å². The van der Waals surface area contributed by atoms with Crippen LogP contribution in [0.25, 0.3) is 0 Å². The van der Waals surface area contributed by atoms with Crippen LogP contribution in [-0.4, -0.2) is 28.6 Å². The summed E-state index contributed by atoms with van der Waals surface area (Å²) in [5.41, 5.74) is 1.14. The molecule has 0 saturated heterocycles. The molecule has 268 valence electrons. The van der Waals surface area contributed by atoms with E-state index in [-0.39, 0.29) is 26.7 Å². The van der Waals surface area contributed by atoms with Gasteiger partial charge in [-0.1, -0.05) is 29.8 Å². The summed E-state index contributed by atoms with van der Waals surface area (Å²) >= 11 is 8.02. The normalized spacial score (nSPS) is 11.2. The highest BCUT2D eigenvalue weighted by Crippen LogP contribution is 2.28. The van der Waals surface area contributed by atoms with Crippen molar-refractivity contribution < 1.29 is 39.6 Å². The molecule has 0 aliphatic carbocycles. The van der Waals surface area contributed by atoms with Gasteiger partial charge in [0.2, 0.25) is 0 Å². The Labute approximate surface area is 309 Å². The fraction of sp³-hybridized carbons (Fsp3) is 0. The molecule has 52 heavy (non-hydrogen) atoms. The van der Waals surface area contributed by atoms with Crippen LogP contribution in [0.3, 0.4) is 0 Å². The number of halogens is 4. The van der Waals surface area contributed by atoms with Crippen LogP contribution >= 0.6 is 34.3 Å². The number of sulfonamides is 2. The van der Waals surface area contributed by atoms with Crippen LogP contribution in [0.5, 0.6) is 0 Å². The first-order valence-electron chi connectivity index (χ1n) is 14.5. The Morgan fingerprint density at radius 1 is 0.615 bits per heavy atom. The third-order valence-electron chi connectivity index (χ3n) is 6.75. The number of benzene rings is 4. The standard InChI is InChI=1S/C17H13ClN2O3S2.C17H11F3N2O3S2/c18-12-6-8-13(9-7-12)19-16(21)15-10-11-24-17(15)20-25(22,23)14-4-2-1-3-5-14;18-10-1-3-11(4-2-10)21-17(23)13-8-26-9-16(13)22-27(24,25)12-5-6-14(19)15(20)7-12/h1-11,20H,(H,19,21);1-9,22H,(H,21,23). The van der Waals surface area contributed by atoms with E-state index >= 15 is 0 Å². The van der Waals surface area contributed by atoms with E-state index in [0.29, 0.717) is 28.5 Å². The van der Waals surface area contributed by atoms with E-state index in [9.17, 15) is 39.6 Å². The van der Waals surface area contributed by atoms with Crippen molar-refractivity contribution in [2.45, 2.75) is 9.79 Å². The molecule has 0 saturated carbocycles. The SMILES string of the molecule is O=C(Nc1ccc(Cl)cc1)c1ccsc1NS(=O)(=O)c1ccccc1.O=C(Nc1ccc(F)cc1)c1cscc1NS(=O)(=O)c1ccc(F)c(F)c1. The van der Waals surface area contributed by atoms with E-state index in [4.69, 9.17) is 11.6 Å². The molecule has 0 spiro atoms. The van der Waals surface area contributed by atoms with Gasteiger partial charge >= 0.3 is 0 Å². The number of hydrogen-bond acceptors (Lipinski definition) is 8. The zero-order valence-electron chi connectivity index (χ0n) is 26.1. The fourth-order valence-electron chi connectivity index (χ4n) is 4.21. The molecule has 0 unspecified atom stereocenters. The largest absolute Gasteiger partial charge is 0.322 e. The summed E-state index contributed by atoms with van der Waals surface area (Å²) in [7, 11) is -7.99. The molecule has 4 aromatic carbocycles. The maximum atomic E-state index is 13.3. The monoisotopic (exact) mass is 804 g/mol. The first kappa shape index (κ1) is 38.0. The quantitative estimate of drug-likeness (QED) is 0.109. The van der Waals surface area contributed by atoms with Crippen molar-refractivity contribution in [2.75, 3.05) is 20.1 Å². The number of nitrogens with one attached hydrogen (secondary N) is 4. The van der Waals surface area contributed by atoms with E-state index in [1.807, 2.05) is 0 Å². The predicted octanol–water partition coefficient (Wildman–Crippen LogP) is 8.67. The Hall–Kier alpha value is -5.20. The molecular formula is C34H24ClF3N4O6S4. The maximum absolute atomic E-state index is 13.3. The Bertz CT molecular complexity index is 2430. The average molecular weight is 805 g/mol. The topological polar surface area (TPSA) is 151 Å². The third-order valence-corrected chi connectivity index (χ3v) is 11.4. The van der Waals surface area contributed by atoms with Crippen molar-refractivity contribution in [3.05, 3.63) is 153 Å². The Morgan fingerprint density at radius 3 is 1.85 bits per heavy atom. The number of thiophene rings is 2. The molecule has 6 rings (SSSR count). The van der Waals surface area contributed by atoms with Crippen LogP contribution in [0.4, 0.5) is 35.2 Å². The summed E-state index contributed by atoms with van der Waals surface area (Å²) in [5.74, 6) is -3.98. The van der Waals surface area contributed by atoms with E-state index in [0.717, 1.165) is 40.9 Å². The van der Waals surface area contributed by atoms with Gasteiger partial charge in [0.15, 0.2) is 11.6 Å². The van der Waals surface area contributed by atoms with Crippen molar-refractivity contribution in [3.63, 3.8) is 0 Å².